The largest absolute Gasteiger partial charge is 0.497 e. The van der Waals surface area contributed by atoms with Gasteiger partial charge in [-0.3, -0.25) is 4.79 Å². The molecule has 0 unspecified atom stereocenters. The number of nitrogens with one attached hydrogen (secondary N) is 3. The van der Waals surface area contributed by atoms with Crippen molar-refractivity contribution in [3.63, 3.8) is 0 Å². The van der Waals surface area contributed by atoms with Crippen molar-refractivity contribution in [1.82, 2.24) is 5.32 Å². The van der Waals surface area contributed by atoms with Gasteiger partial charge in [0.25, 0.3) is 5.91 Å². The number of anilines is 2. The van der Waals surface area contributed by atoms with E-state index in [9.17, 15) is 14.4 Å². The summed E-state index contributed by atoms with van der Waals surface area (Å²) in [6, 6.07) is 12.7. The van der Waals surface area contributed by atoms with Crippen LogP contribution < -0.4 is 20.7 Å². The van der Waals surface area contributed by atoms with Crippen LogP contribution >= 0.6 is 11.3 Å². The van der Waals surface area contributed by atoms with Crippen LogP contribution in [-0.2, 0) is 9.53 Å². The Hall–Kier alpha value is -3.85. The van der Waals surface area contributed by atoms with Crippen LogP contribution in [0.1, 0.15) is 45.6 Å². The first-order valence-corrected chi connectivity index (χ1v) is 12.8. The quantitative estimate of drug-likeness (QED) is 0.340. The standard InChI is InChI=1S/C28H31N3O5S/c1-16-13-17(2)23(18(3)14-16)30-27(34)29-21-15-22(19-7-9-20(35-4)10-8-19)37-24(21)25(32)31-28(11-6-12-28)26(33)36-5/h7-10,13-15H,6,11-12H2,1-5H3,(H,31,32)(H2,29,30,34). The Bertz CT molecular complexity index is 1320. The van der Waals surface area contributed by atoms with E-state index in [-0.39, 0.29) is 0 Å². The molecule has 1 aliphatic rings. The van der Waals surface area contributed by atoms with E-state index >= 15 is 0 Å². The van der Waals surface area contributed by atoms with E-state index in [1.807, 2.05) is 57.2 Å². The van der Waals surface area contributed by atoms with Gasteiger partial charge >= 0.3 is 12.0 Å². The number of hydrogen-bond donors (Lipinski definition) is 3. The number of urea groups is 1. The van der Waals surface area contributed by atoms with Crippen molar-refractivity contribution in [2.75, 3.05) is 24.9 Å². The van der Waals surface area contributed by atoms with Gasteiger partial charge in [0.1, 0.15) is 16.2 Å². The fraction of sp³-hybridized carbons (Fsp3) is 0.321. The number of thiophene rings is 1. The lowest BCUT2D eigenvalue weighted by Gasteiger charge is -2.39. The van der Waals surface area contributed by atoms with Crippen molar-refractivity contribution >= 4 is 40.6 Å². The molecule has 4 rings (SSSR count). The molecule has 1 aliphatic carbocycles. The summed E-state index contributed by atoms with van der Waals surface area (Å²) >= 11 is 1.24. The van der Waals surface area contributed by atoms with E-state index in [2.05, 4.69) is 16.0 Å². The highest BCUT2D eigenvalue weighted by Gasteiger charge is 2.47. The number of methoxy groups -OCH3 is 2. The molecular formula is C28H31N3O5S. The summed E-state index contributed by atoms with van der Waals surface area (Å²) < 4.78 is 10.2. The van der Waals surface area contributed by atoms with Crippen LogP contribution in [0.4, 0.5) is 16.2 Å². The Morgan fingerprint density at radius 2 is 1.57 bits per heavy atom. The normalized spacial score (nSPS) is 13.8. The monoisotopic (exact) mass is 521 g/mol. The molecule has 9 heteroatoms. The highest BCUT2D eigenvalue weighted by atomic mass is 32.1. The smallest absolute Gasteiger partial charge is 0.331 e. The van der Waals surface area contributed by atoms with Gasteiger partial charge < -0.3 is 25.4 Å². The molecule has 8 nitrogen and oxygen atoms in total. The number of esters is 1. The van der Waals surface area contributed by atoms with Crippen LogP contribution in [0.25, 0.3) is 10.4 Å². The molecule has 0 atom stereocenters. The zero-order chi connectivity index (χ0) is 26.7. The van der Waals surface area contributed by atoms with E-state index in [4.69, 9.17) is 9.47 Å². The summed E-state index contributed by atoms with van der Waals surface area (Å²) in [4.78, 5) is 39.9. The highest BCUT2D eigenvalue weighted by molar-refractivity contribution is 7.18. The van der Waals surface area contributed by atoms with E-state index in [0.717, 1.165) is 39.2 Å². The minimum absolute atomic E-state index is 0.300. The van der Waals surface area contributed by atoms with Crippen molar-refractivity contribution in [3.8, 4) is 16.2 Å². The maximum absolute atomic E-state index is 13.4. The Morgan fingerprint density at radius 3 is 2.11 bits per heavy atom. The average Bonchev–Trinajstić information content (AvgIpc) is 3.26. The molecule has 0 radical (unpaired) electrons. The summed E-state index contributed by atoms with van der Waals surface area (Å²) in [6.45, 7) is 5.88. The number of rotatable bonds is 7. The Morgan fingerprint density at radius 1 is 0.919 bits per heavy atom. The zero-order valence-corrected chi connectivity index (χ0v) is 22.4. The molecule has 37 heavy (non-hydrogen) atoms. The predicted octanol–water partition coefficient (Wildman–Crippen LogP) is 5.82. The van der Waals surface area contributed by atoms with Crippen LogP contribution in [0.5, 0.6) is 5.75 Å². The first-order valence-electron chi connectivity index (χ1n) is 12.0. The van der Waals surface area contributed by atoms with Crippen LogP contribution in [0, 0.1) is 20.8 Å². The molecule has 1 heterocycles. The second-order valence-corrected chi connectivity index (χ2v) is 10.4. The third kappa shape index (κ3) is 5.46. The van der Waals surface area contributed by atoms with E-state index in [1.165, 1.54) is 18.4 Å². The molecule has 3 N–H and O–H groups in total. The van der Waals surface area contributed by atoms with E-state index in [1.54, 1.807) is 13.2 Å². The second-order valence-electron chi connectivity index (χ2n) is 9.32. The molecule has 194 valence electrons. The predicted molar refractivity (Wildman–Crippen MR) is 146 cm³/mol. The summed E-state index contributed by atoms with van der Waals surface area (Å²) in [5, 5.41) is 8.63. The minimum Gasteiger partial charge on any atom is -0.497 e. The second kappa shape index (κ2) is 10.6. The number of ether oxygens (including phenoxy) is 2. The van der Waals surface area contributed by atoms with Crippen molar-refractivity contribution in [2.45, 2.75) is 45.6 Å². The molecule has 1 saturated carbocycles. The van der Waals surface area contributed by atoms with E-state index in [0.29, 0.717) is 29.2 Å². The van der Waals surface area contributed by atoms with E-state index < -0.39 is 23.4 Å². The van der Waals surface area contributed by atoms with Gasteiger partial charge in [0.15, 0.2) is 0 Å². The molecular weight excluding hydrogens is 490 g/mol. The highest BCUT2D eigenvalue weighted by Crippen LogP contribution is 2.38. The lowest BCUT2D eigenvalue weighted by atomic mass is 9.76. The maximum atomic E-state index is 13.4. The molecule has 1 fully saturated rings. The van der Waals surface area contributed by atoms with Crippen LogP contribution in [-0.4, -0.2) is 37.7 Å². The summed E-state index contributed by atoms with van der Waals surface area (Å²) in [6.07, 6.45) is 1.84. The average molecular weight is 522 g/mol. The van der Waals surface area contributed by atoms with Crippen LogP contribution in [0.15, 0.2) is 42.5 Å². The molecule has 2 aromatic carbocycles. The van der Waals surface area contributed by atoms with Gasteiger partial charge in [-0.2, -0.15) is 0 Å². The lowest BCUT2D eigenvalue weighted by Crippen LogP contribution is -2.59. The molecule has 0 saturated heterocycles. The van der Waals surface area contributed by atoms with Gasteiger partial charge in [0.05, 0.1) is 19.9 Å². The molecule has 0 spiro atoms. The number of aryl methyl sites for hydroxylation is 3. The first-order chi connectivity index (χ1) is 17.7. The number of carbonyl (C=O) groups excluding carboxylic acids is 3. The van der Waals surface area contributed by atoms with Crippen molar-refractivity contribution < 1.29 is 23.9 Å². The fourth-order valence-electron chi connectivity index (χ4n) is 4.57. The summed E-state index contributed by atoms with van der Waals surface area (Å²) in [5.41, 5.74) is 3.90. The minimum atomic E-state index is -1.04. The molecule has 0 bridgehead atoms. The zero-order valence-electron chi connectivity index (χ0n) is 21.6. The summed E-state index contributed by atoms with van der Waals surface area (Å²) in [7, 11) is 2.91. The van der Waals surface area contributed by atoms with Crippen molar-refractivity contribution in [2.24, 2.45) is 0 Å². The number of amides is 3. The molecule has 1 aromatic heterocycles. The van der Waals surface area contributed by atoms with Crippen LogP contribution in [0.3, 0.4) is 0 Å². The van der Waals surface area contributed by atoms with Gasteiger partial charge in [-0.25, -0.2) is 9.59 Å². The van der Waals surface area contributed by atoms with Crippen LogP contribution in [0.2, 0.25) is 0 Å². The van der Waals surface area contributed by atoms with Gasteiger partial charge in [-0.05, 0) is 87.1 Å². The third-order valence-electron chi connectivity index (χ3n) is 6.61. The van der Waals surface area contributed by atoms with Crippen molar-refractivity contribution in [1.29, 1.82) is 0 Å². The first kappa shape index (κ1) is 26.2. The Balaban J connectivity index is 1.64. The van der Waals surface area contributed by atoms with Gasteiger partial charge in [-0.1, -0.05) is 17.7 Å². The SMILES string of the molecule is COC(=O)C1(NC(=O)c2sc(-c3ccc(OC)cc3)cc2NC(=O)Nc2c(C)cc(C)cc2C)CCC1. The lowest BCUT2D eigenvalue weighted by molar-refractivity contribution is -0.152. The number of benzene rings is 2. The number of carbonyl (C=O) groups is 3. The third-order valence-corrected chi connectivity index (χ3v) is 7.80. The van der Waals surface area contributed by atoms with Crippen molar-refractivity contribution in [3.05, 3.63) is 64.0 Å². The maximum Gasteiger partial charge on any atom is 0.331 e. The molecule has 0 aliphatic heterocycles. The van der Waals surface area contributed by atoms with Gasteiger partial charge in [0.2, 0.25) is 0 Å². The van der Waals surface area contributed by atoms with Gasteiger partial charge in [-0.15, -0.1) is 11.3 Å². The Kier molecular flexibility index (Phi) is 7.54. The summed E-state index contributed by atoms with van der Waals surface area (Å²) in [5.74, 6) is -0.186. The van der Waals surface area contributed by atoms with Gasteiger partial charge in [0, 0.05) is 10.6 Å². The Labute approximate surface area is 220 Å². The molecule has 3 aromatic rings. The fourth-order valence-corrected chi connectivity index (χ4v) is 5.59. The number of hydrogen-bond acceptors (Lipinski definition) is 6. The topological polar surface area (TPSA) is 106 Å². The molecule has 3 amide bonds.